The number of para-hydroxylation sites is 1. The molecule has 1 amide bonds. The van der Waals surface area contributed by atoms with E-state index in [4.69, 9.17) is 5.21 Å². The molecule has 0 radical (unpaired) electrons. The molecule has 3 aromatic rings. The number of aromatic amines is 1. The second-order valence-electron chi connectivity index (χ2n) is 4.58. The van der Waals surface area contributed by atoms with Crippen LogP contribution in [0.4, 0.5) is 5.69 Å². The molecule has 0 bridgehead atoms. The highest BCUT2D eigenvalue weighted by Gasteiger charge is 2.08. The molecule has 3 rings (SSSR count). The Morgan fingerprint density at radius 3 is 2.76 bits per heavy atom. The van der Waals surface area contributed by atoms with Crippen LogP contribution in [-0.4, -0.2) is 21.1 Å². The summed E-state index contributed by atoms with van der Waals surface area (Å²) in [4.78, 5) is 19.0. The fraction of sp³-hybridized carbons (Fsp3) is 0.0667. The van der Waals surface area contributed by atoms with E-state index in [2.05, 4.69) is 15.3 Å². The highest BCUT2D eigenvalue weighted by Crippen LogP contribution is 2.15. The molecule has 0 aliphatic carbocycles. The maximum absolute atomic E-state index is 11.4. The minimum atomic E-state index is -0.546. The molecule has 0 spiro atoms. The molecule has 1 heterocycles. The van der Waals surface area contributed by atoms with Gasteiger partial charge in [-0.25, -0.2) is 10.5 Å². The molecular weight excluding hydrogens is 268 g/mol. The van der Waals surface area contributed by atoms with E-state index in [1.807, 2.05) is 30.3 Å². The standard InChI is InChI=1S/C15H14N4O2/c20-15(19-21)10-6-7-12-13(8-10)18-14(17-12)9-16-11-4-2-1-3-5-11/h1-8,16,21H,9H2,(H,17,18)(H,19,20). The van der Waals surface area contributed by atoms with Crippen LogP contribution in [0.5, 0.6) is 0 Å². The van der Waals surface area contributed by atoms with Crippen LogP contribution in [0.3, 0.4) is 0 Å². The number of hydroxylamine groups is 1. The highest BCUT2D eigenvalue weighted by molar-refractivity contribution is 5.96. The molecule has 0 fully saturated rings. The first-order chi connectivity index (χ1) is 10.3. The van der Waals surface area contributed by atoms with Gasteiger partial charge in [-0.1, -0.05) is 18.2 Å². The SMILES string of the molecule is O=C(NO)c1ccc2nc(CNc3ccccc3)[nH]c2c1. The number of nitrogens with zero attached hydrogens (tertiary/aromatic N) is 1. The molecule has 0 aliphatic rings. The van der Waals surface area contributed by atoms with Gasteiger partial charge < -0.3 is 10.3 Å². The average molecular weight is 282 g/mol. The number of benzene rings is 2. The van der Waals surface area contributed by atoms with Gasteiger partial charge in [0.05, 0.1) is 17.6 Å². The molecule has 1 aromatic heterocycles. The summed E-state index contributed by atoms with van der Waals surface area (Å²) in [5, 5.41) is 11.9. The molecule has 6 heteroatoms. The predicted octanol–water partition coefficient (Wildman–Crippen LogP) is 2.29. The molecule has 0 atom stereocenters. The molecular formula is C15H14N4O2. The Hall–Kier alpha value is -2.86. The average Bonchev–Trinajstić information content (AvgIpc) is 2.95. The first-order valence-electron chi connectivity index (χ1n) is 6.48. The van der Waals surface area contributed by atoms with Crippen molar-refractivity contribution in [2.24, 2.45) is 0 Å². The second-order valence-corrected chi connectivity index (χ2v) is 4.58. The van der Waals surface area contributed by atoms with Gasteiger partial charge in [-0.15, -0.1) is 0 Å². The number of rotatable bonds is 4. The van der Waals surface area contributed by atoms with Gasteiger partial charge in [-0.2, -0.15) is 0 Å². The van der Waals surface area contributed by atoms with E-state index >= 15 is 0 Å². The van der Waals surface area contributed by atoms with Crippen molar-refractivity contribution in [2.45, 2.75) is 6.54 Å². The number of H-pyrrole nitrogens is 1. The summed E-state index contributed by atoms with van der Waals surface area (Å²) >= 11 is 0. The third-order valence-electron chi connectivity index (χ3n) is 3.13. The number of anilines is 1. The molecule has 2 aromatic carbocycles. The number of aromatic nitrogens is 2. The summed E-state index contributed by atoms with van der Waals surface area (Å²) in [5.41, 5.74) is 4.52. The molecule has 106 valence electrons. The number of hydrogen-bond donors (Lipinski definition) is 4. The van der Waals surface area contributed by atoms with Crippen LogP contribution in [0, 0.1) is 0 Å². The van der Waals surface area contributed by atoms with Crippen molar-refractivity contribution in [2.75, 3.05) is 5.32 Å². The van der Waals surface area contributed by atoms with Crippen LogP contribution in [0.15, 0.2) is 48.5 Å². The van der Waals surface area contributed by atoms with Gasteiger partial charge in [-0.3, -0.25) is 10.0 Å². The maximum atomic E-state index is 11.4. The summed E-state index contributed by atoms with van der Waals surface area (Å²) < 4.78 is 0. The zero-order valence-electron chi connectivity index (χ0n) is 11.1. The fourth-order valence-corrected chi connectivity index (χ4v) is 2.09. The summed E-state index contributed by atoms with van der Waals surface area (Å²) in [6.07, 6.45) is 0. The Kier molecular flexibility index (Phi) is 3.53. The lowest BCUT2D eigenvalue weighted by atomic mass is 10.2. The zero-order valence-corrected chi connectivity index (χ0v) is 11.1. The quantitative estimate of drug-likeness (QED) is 0.436. The molecule has 0 saturated carbocycles. The molecule has 0 unspecified atom stereocenters. The minimum absolute atomic E-state index is 0.371. The number of fused-ring (bicyclic) bond motifs is 1. The Labute approximate surface area is 120 Å². The first-order valence-corrected chi connectivity index (χ1v) is 6.48. The third-order valence-corrected chi connectivity index (χ3v) is 3.13. The number of carbonyl (C=O) groups is 1. The van der Waals surface area contributed by atoms with Crippen LogP contribution in [0.25, 0.3) is 11.0 Å². The van der Waals surface area contributed by atoms with Crippen LogP contribution < -0.4 is 10.8 Å². The van der Waals surface area contributed by atoms with E-state index in [0.717, 1.165) is 22.5 Å². The molecule has 0 saturated heterocycles. The van der Waals surface area contributed by atoms with Crippen molar-refractivity contribution in [1.82, 2.24) is 15.4 Å². The molecule has 4 N–H and O–H groups in total. The normalized spacial score (nSPS) is 10.5. The smallest absolute Gasteiger partial charge is 0.274 e. The van der Waals surface area contributed by atoms with E-state index in [1.54, 1.807) is 23.7 Å². The van der Waals surface area contributed by atoms with E-state index in [0.29, 0.717) is 12.1 Å². The lowest BCUT2D eigenvalue weighted by Gasteiger charge is -2.02. The summed E-state index contributed by atoms with van der Waals surface area (Å²) in [6.45, 7) is 0.556. The third kappa shape index (κ3) is 2.85. The second kappa shape index (κ2) is 5.64. The highest BCUT2D eigenvalue weighted by atomic mass is 16.5. The topological polar surface area (TPSA) is 90.0 Å². The van der Waals surface area contributed by atoms with Crippen molar-refractivity contribution in [3.8, 4) is 0 Å². The van der Waals surface area contributed by atoms with Gasteiger partial charge >= 0.3 is 0 Å². The molecule has 0 aliphatic heterocycles. The Morgan fingerprint density at radius 2 is 2.00 bits per heavy atom. The number of hydrogen-bond acceptors (Lipinski definition) is 4. The number of imidazole rings is 1. The van der Waals surface area contributed by atoms with E-state index in [-0.39, 0.29) is 0 Å². The van der Waals surface area contributed by atoms with Crippen molar-refractivity contribution in [1.29, 1.82) is 0 Å². The van der Waals surface area contributed by atoms with Gasteiger partial charge in [0.15, 0.2) is 0 Å². The lowest BCUT2D eigenvalue weighted by molar-refractivity contribution is 0.0706. The van der Waals surface area contributed by atoms with Gasteiger partial charge in [0.2, 0.25) is 0 Å². The van der Waals surface area contributed by atoms with Gasteiger partial charge in [-0.05, 0) is 30.3 Å². The van der Waals surface area contributed by atoms with Crippen LogP contribution in [0.1, 0.15) is 16.2 Å². The summed E-state index contributed by atoms with van der Waals surface area (Å²) in [7, 11) is 0. The van der Waals surface area contributed by atoms with Crippen LogP contribution in [0.2, 0.25) is 0 Å². The van der Waals surface area contributed by atoms with Crippen molar-refractivity contribution >= 4 is 22.6 Å². The zero-order chi connectivity index (χ0) is 14.7. The first kappa shape index (κ1) is 13.1. The van der Waals surface area contributed by atoms with E-state index < -0.39 is 5.91 Å². The monoisotopic (exact) mass is 282 g/mol. The fourth-order valence-electron chi connectivity index (χ4n) is 2.09. The van der Waals surface area contributed by atoms with Gasteiger partial charge in [0.1, 0.15) is 5.82 Å². The number of nitrogens with one attached hydrogen (secondary N) is 3. The van der Waals surface area contributed by atoms with Crippen molar-refractivity contribution in [3.05, 3.63) is 59.9 Å². The number of amides is 1. The summed E-state index contributed by atoms with van der Waals surface area (Å²) in [6, 6.07) is 14.8. The Bertz CT molecular complexity index is 768. The minimum Gasteiger partial charge on any atom is -0.378 e. The Morgan fingerprint density at radius 1 is 1.19 bits per heavy atom. The van der Waals surface area contributed by atoms with Crippen LogP contribution >= 0.6 is 0 Å². The van der Waals surface area contributed by atoms with Crippen molar-refractivity contribution in [3.63, 3.8) is 0 Å². The van der Waals surface area contributed by atoms with Gasteiger partial charge in [0, 0.05) is 11.3 Å². The van der Waals surface area contributed by atoms with Crippen LogP contribution in [-0.2, 0) is 6.54 Å². The van der Waals surface area contributed by atoms with E-state index in [1.165, 1.54) is 0 Å². The molecule has 6 nitrogen and oxygen atoms in total. The Balaban J connectivity index is 1.79. The molecule has 21 heavy (non-hydrogen) atoms. The van der Waals surface area contributed by atoms with Gasteiger partial charge in [0.25, 0.3) is 5.91 Å². The van der Waals surface area contributed by atoms with E-state index in [9.17, 15) is 4.79 Å². The predicted molar refractivity (Wildman–Crippen MR) is 79.1 cm³/mol. The number of carbonyl (C=O) groups excluding carboxylic acids is 1. The largest absolute Gasteiger partial charge is 0.378 e. The van der Waals surface area contributed by atoms with Crippen molar-refractivity contribution < 1.29 is 10.0 Å². The lowest BCUT2D eigenvalue weighted by Crippen LogP contribution is -2.18. The maximum Gasteiger partial charge on any atom is 0.274 e. The summed E-state index contributed by atoms with van der Waals surface area (Å²) in [5.74, 6) is 0.228.